The number of hydrogen-bond donors (Lipinski definition) is 1. The van der Waals surface area contributed by atoms with Gasteiger partial charge in [0.15, 0.2) is 11.9 Å². The van der Waals surface area contributed by atoms with E-state index in [4.69, 9.17) is 14.3 Å². The first-order valence-electron chi connectivity index (χ1n) is 8.32. The lowest BCUT2D eigenvalue weighted by Gasteiger charge is -2.15. The molecule has 0 spiro atoms. The van der Waals surface area contributed by atoms with E-state index in [0.717, 1.165) is 16.7 Å². The second-order valence-electron chi connectivity index (χ2n) is 6.49. The van der Waals surface area contributed by atoms with Crippen LogP contribution in [0.2, 0.25) is 0 Å². The van der Waals surface area contributed by atoms with Crippen LogP contribution in [0.5, 0.6) is 5.75 Å². The summed E-state index contributed by atoms with van der Waals surface area (Å²) in [4.78, 5) is 24.2. The highest BCUT2D eigenvalue weighted by atomic mass is 16.5. The van der Waals surface area contributed by atoms with Crippen LogP contribution in [0.4, 0.5) is 0 Å². The molecule has 3 aromatic rings. The number of benzene rings is 2. The molecule has 5 nitrogen and oxygen atoms in total. The Morgan fingerprint density at radius 3 is 2.31 bits per heavy atom. The number of rotatable bonds is 4. The first-order chi connectivity index (χ1) is 12.3. The highest BCUT2D eigenvalue weighted by Crippen LogP contribution is 2.32. The zero-order chi connectivity index (χ0) is 19.0. The van der Waals surface area contributed by atoms with Gasteiger partial charge in [0.25, 0.3) is 0 Å². The Hall–Kier alpha value is -3.08. The number of aryl methyl sites for hydroxylation is 3. The Bertz CT molecular complexity index is 1040. The van der Waals surface area contributed by atoms with Gasteiger partial charge in [-0.05, 0) is 51.0 Å². The third kappa shape index (κ3) is 3.20. The van der Waals surface area contributed by atoms with Crippen LogP contribution in [-0.4, -0.2) is 17.2 Å². The summed E-state index contributed by atoms with van der Waals surface area (Å²) in [6.45, 7) is 7.18. The molecule has 1 heterocycles. The number of aliphatic carboxylic acids is 1. The maximum absolute atomic E-state index is 13.0. The van der Waals surface area contributed by atoms with E-state index in [-0.39, 0.29) is 16.9 Å². The van der Waals surface area contributed by atoms with E-state index >= 15 is 0 Å². The largest absolute Gasteiger partial charge is 0.479 e. The second kappa shape index (κ2) is 6.67. The van der Waals surface area contributed by atoms with Gasteiger partial charge in [0, 0.05) is 5.56 Å². The van der Waals surface area contributed by atoms with E-state index in [2.05, 4.69) is 0 Å². The van der Waals surface area contributed by atoms with Crippen LogP contribution in [0.15, 0.2) is 45.6 Å². The summed E-state index contributed by atoms with van der Waals surface area (Å²) in [5.74, 6) is -1.00. The molecule has 0 aliphatic heterocycles. The van der Waals surface area contributed by atoms with Crippen molar-refractivity contribution in [3.63, 3.8) is 0 Å². The highest BCUT2D eigenvalue weighted by Gasteiger charge is 2.22. The standard InChI is InChI=1S/C21H20O5/c1-11-5-7-15(8-6-11)19-20(25-14(4)21(23)24)18(22)16-9-12(2)13(3)10-17(16)26-19/h5-10,14H,1-4H3,(H,23,24)/t14-/m1/s1. The van der Waals surface area contributed by atoms with E-state index in [9.17, 15) is 9.59 Å². The average molecular weight is 352 g/mol. The summed E-state index contributed by atoms with van der Waals surface area (Å²) in [6, 6.07) is 11.0. The molecule has 0 aliphatic carbocycles. The molecule has 2 aromatic carbocycles. The Labute approximate surface area is 150 Å². The summed E-state index contributed by atoms with van der Waals surface area (Å²) < 4.78 is 11.5. The molecular weight excluding hydrogens is 332 g/mol. The Morgan fingerprint density at radius 2 is 1.69 bits per heavy atom. The van der Waals surface area contributed by atoms with Crippen LogP contribution in [0.25, 0.3) is 22.3 Å². The molecule has 0 radical (unpaired) electrons. The van der Waals surface area contributed by atoms with Crippen LogP contribution in [0.3, 0.4) is 0 Å². The van der Waals surface area contributed by atoms with Crippen molar-refractivity contribution in [2.24, 2.45) is 0 Å². The SMILES string of the molecule is Cc1ccc(-c2oc3cc(C)c(C)cc3c(=O)c2O[C@H](C)C(=O)O)cc1. The topological polar surface area (TPSA) is 76.7 Å². The van der Waals surface area contributed by atoms with Gasteiger partial charge in [-0.25, -0.2) is 4.79 Å². The van der Waals surface area contributed by atoms with Crippen molar-refractivity contribution < 1.29 is 19.1 Å². The van der Waals surface area contributed by atoms with Gasteiger partial charge < -0.3 is 14.3 Å². The van der Waals surface area contributed by atoms with Crippen molar-refractivity contribution >= 4 is 16.9 Å². The van der Waals surface area contributed by atoms with Crippen LogP contribution in [-0.2, 0) is 4.79 Å². The van der Waals surface area contributed by atoms with Gasteiger partial charge in [-0.3, -0.25) is 4.79 Å². The Morgan fingerprint density at radius 1 is 1.08 bits per heavy atom. The van der Waals surface area contributed by atoms with Crippen molar-refractivity contribution in [2.75, 3.05) is 0 Å². The molecule has 1 N–H and O–H groups in total. The number of hydrogen-bond acceptors (Lipinski definition) is 4. The predicted molar refractivity (Wildman–Crippen MR) is 99.9 cm³/mol. The van der Waals surface area contributed by atoms with E-state index in [0.29, 0.717) is 16.5 Å². The molecule has 0 aliphatic rings. The number of carbonyl (C=O) groups is 1. The van der Waals surface area contributed by atoms with Gasteiger partial charge in [-0.2, -0.15) is 0 Å². The molecule has 0 saturated heterocycles. The van der Waals surface area contributed by atoms with Crippen molar-refractivity contribution in [3.05, 3.63) is 63.3 Å². The first kappa shape index (κ1) is 17.7. The van der Waals surface area contributed by atoms with Crippen LogP contribution in [0, 0.1) is 20.8 Å². The van der Waals surface area contributed by atoms with Crippen LogP contribution < -0.4 is 10.2 Å². The number of ether oxygens (including phenoxy) is 1. The lowest BCUT2D eigenvalue weighted by atomic mass is 10.0. The molecule has 1 aromatic heterocycles. The fourth-order valence-corrected chi connectivity index (χ4v) is 2.66. The molecule has 1 atom stereocenters. The lowest BCUT2D eigenvalue weighted by Crippen LogP contribution is -2.26. The fraction of sp³-hybridized carbons (Fsp3) is 0.238. The molecule has 0 bridgehead atoms. The van der Waals surface area contributed by atoms with Gasteiger partial charge in [-0.1, -0.05) is 29.8 Å². The van der Waals surface area contributed by atoms with E-state index in [1.165, 1.54) is 6.92 Å². The molecule has 0 unspecified atom stereocenters. The summed E-state index contributed by atoms with van der Waals surface area (Å²) in [6.07, 6.45) is -1.17. The smallest absolute Gasteiger partial charge is 0.344 e. The molecule has 134 valence electrons. The molecule has 0 amide bonds. The summed E-state index contributed by atoms with van der Waals surface area (Å²) >= 11 is 0. The van der Waals surface area contributed by atoms with Crippen molar-refractivity contribution in [2.45, 2.75) is 33.8 Å². The van der Waals surface area contributed by atoms with Crippen molar-refractivity contribution in [1.29, 1.82) is 0 Å². The highest BCUT2D eigenvalue weighted by molar-refractivity contribution is 5.83. The normalized spacial score (nSPS) is 12.2. The van der Waals surface area contributed by atoms with E-state index in [1.54, 1.807) is 6.07 Å². The molecule has 5 heteroatoms. The van der Waals surface area contributed by atoms with Gasteiger partial charge in [0.1, 0.15) is 5.58 Å². The molecule has 0 saturated carbocycles. The quantitative estimate of drug-likeness (QED) is 0.760. The van der Waals surface area contributed by atoms with Crippen molar-refractivity contribution in [3.8, 4) is 17.1 Å². The van der Waals surface area contributed by atoms with E-state index < -0.39 is 12.1 Å². The minimum Gasteiger partial charge on any atom is -0.479 e. The van der Waals surface area contributed by atoms with Gasteiger partial charge in [0.05, 0.1) is 5.39 Å². The predicted octanol–water partition coefficient (Wildman–Crippen LogP) is 4.24. The number of carboxylic acids is 1. The van der Waals surface area contributed by atoms with Crippen LogP contribution >= 0.6 is 0 Å². The third-order valence-corrected chi connectivity index (χ3v) is 4.42. The first-order valence-corrected chi connectivity index (χ1v) is 8.32. The fourth-order valence-electron chi connectivity index (χ4n) is 2.66. The number of carboxylic acid groups (broad SMARTS) is 1. The minimum atomic E-state index is -1.17. The average Bonchev–Trinajstić information content (AvgIpc) is 2.59. The Kier molecular flexibility index (Phi) is 4.55. The lowest BCUT2D eigenvalue weighted by molar-refractivity contribution is -0.144. The summed E-state index contributed by atoms with van der Waals surface area (Å²) in [7, 11) is 0. The molecule has 26 heavy (non-hydrogen) atoms. The van der Waals surface area contributed by atoms with Crippen molar-refractivity contribution in [1.82, 2.24) is 0 Å². The summed E-state index contributed by atoms with van der Waals surface area (Å²) in [5.41, 5.74) is 3.74. The molecule has 3 rings (SSSR count). The van der Waals surface area contributed by atoms with Gasteiger partial charge >= 0.3 is 5.97 Å². The molecular formula is C21H20O5. The van der Waals surface area contributed by atoms with Crippen LogP contribution in [0.1, 0.15) is 23.6 Å². The monoisotopic (exact) mass is 352 g/mol. The zero-order valence-electron chi connectivity index (χ0n) is 15.1. The maximum atomic E-state index is 13.0. The van der Waals surface area contributed by atoms with Gasteiger partial charge in [-0.15, -0.1) is 0 Å². The third-order valence-electron chi connectivity index (χ3n) is 4.42. The molecule has 0 fully saturated rings. The second-order valence-corrected chi connectivity index (χ2v) is 6.49. The van der Waals surface area contributed by atoms with Gasteiger partial charge in [0.2, 0.25) is 11.2 Å². The maximum Gasteiger partial charge on any atom is 0.344 e. The zero-order valence-corrected chi connectivity index (χ0v) is 15.1. The van der Waals surface area contributed by atoms with E-state index in [1.807, 2.05) is 51.1 Å². The number of fused-ring (bicyclic) bond motifs is 1. The minimum absolute atomic E-state index is 0.0838. The Balaban J connectivity index is 2.32. The summed E-state index contributed by atoms with van der Waals surface area (Å²) in [5, 5.41) is 9.54.